The van der Waals surface area contributed by atoms with Gasteiger partial charge in [0.2, 0.25) is 0 Å². The second kappa shape index (κ2) is 9.48. The molecule has 0 aliphatic carbocycles. The molecule has 2 atom stereocenters. The van der Waals surface area contributed by atoms with Gasteiger partial charge < -0.3 is 4.90 Å². The molecule has 0 saturated heterocycles. The molecule has 2 heterocycles. The molecule has 0 saturated carbocycles. The lowest BCUT2D eigenvalue weighted by Crippen LogP contribution is -2.41. The van der Waals surface area contributed by atoms with Gasteiger partial charge in [0.15, 0.2) is 0 Å². The number of nitrogens with zero attached hydrogens (tertiary/aromatic N) is 2. The largest absolute Gasteiger partial charge is 0.327 e. The highest BCUT2D eigenvalue weighted by Crippen LogP contribution is 2.38. The Morgan fingerprint density at radius 3 is 2.09 bits per heavy atom. The molecule has 0 radical (unpaired) electrons. The SMILES string of the molecule is CC1=C[C@@H](c2cnc(-c3ccccc3)c(C)c2)CN(C(=O)c2ccccc2)[C@@H]1c1ccccc1. The first-order chi connectivity index (χ1) is 16.6. The van der Waals surface area contributed by atoms with Gasteiger partial charge in [0.05, 0.1) is 11.7 Å². The molecule has 34 heavy (non-hydrogen) atoms. The van der Waals surface area contributed by atoms with Gasteiger partial charge in [-0.2, -0.15) is 0 Å². The van der Waals surface area contributed by atoms with Gasteiger partial charge in [-0.25, -0.2) is 0 Å². The lowest BCUT2D eigenvalue weighted by molar-refractivity contribution is 0.0684. The topological polar surface area (TPSA) is 33.2 Å². The van der Waals surface area contributed by atoms with Crippen LogP contribution in [0.25, 0.3) is 11.3 Å². The number of aryl methyl sites for hydroxylation is 1. The molecule has 3 nitrogen and oxygen atoms in total. The lowest BCUT2D eigenvalue weighted by atomic mass is 9.86. The lowest BCUT2D eigenvalue weighted by Gasteiger charge is -2.39. The fourth-order valence-corrected chi connectivity index (χ4v) is 4.95. The van der Waals surface area contributed by atoms with E-state index in [-0.39, 0.29) is 17.9 Å². The molecule has 0 spiro atoms. The first-order valence-electron chi connectivity index (χ1n) is 11.7. The van der Waals surface area contributed by atoms with Crippen LogP contribution in [0.15, 0.2) is 115 Å². The molecule has 0 bridgehead atoms. The van der Waals surface area contributed by atoms with Gasteiger partial charge in [-0.1, -0.05) is 91.0 Å². The zero-order valence-corrected chi connectivity index (χ0v) is 19.6. The van der Waals surface area contributed by atoms with Crippen LogP contribution in [0.4, 0.5) is 0 Å². The molecule has 1 aromatic heterocycles. The van der Waals surface area contributed by atoms with Crippen molar-refractivity contribution < 1.29 is 4.79 Å². The predicted octanol–water partition coefficient (Wildman–Crippen LogP) is 6.98. The molecule has 1 amide bonds. The van der Waals surface area contributed by atoms with Crippen LogP contribution < -0.4 is 0 Å². The maximum absolute atomic E-state index is 13.7. The van der Waals surface area contributed by atoms with Crippen molar-refractivity contribution in [1.29, 1.82) is 0 Å². The van der Waals surface area contributed by atoms with Crippen molar-refractivity contribution in [3.8, 4) is 11.3 Å². The van der Waals surface area contributed by atoms with Crippen molar-refractivity contribution in [1.82, 2.24) is 9.88 Å². The summed E-state index contributed by atoms with van der Waals surface area (Å²) >= 11 is 0. The van der Waals surface area contributed by atoms with Crippen LogP contribution in [-0.2, 0) is 0 Å². The molecule has 4 aromatic rings. The third-order valence-electron chi connectivity index (χ3n) is 6.57. The summed E-state index contributed by atoms with van der Waals surface area (Å²) in [6.45, 7) is 4.85. The first-order valence-corrected chi connectivity index (χ1v) is 11.7. The van der Waals surface area contributed by atoms with E-state index in [9.17, 15) is 4.79 Å². The smallest absolute Gasteiger partial charge is 0.254 e. The van der Waals surface area contributed by atoms with Crippen molar-refractivity contribution in [2.75, 3.05) is 6.54 Å². The molecule has 0 unspecified atom stereocenters. The van der Waals surface area contributed by atoms with E-state index in [0.717, 1.165) is 27.9 Å². The van der Waals surface area contributed by atoms with E-state index in [2.05, 4.69) is 50.3 Å². The van der Waals surface area contributed by atoms with Crippen LogP contribution in [0, 0.1) is 6.92 Å². The summed E-state index contributed by atoms with van der Waals surface area (Å²) in [7, 11) is 0. The van der Waals surface area contributed by atoms with Gasteiger partial charge in [-0.05, 0) is 48.2 Å². The molecule has 0 fully saturated rings. The number of hydrogen-bond acceptors (Lipinski definition) is 2. The Balaban J connectivity index is 1.53. The van der Waals surface area contributed by atoms with E-state index in [1.807, 2.05) is 77.8 Å². The van der Waals surface area contributed by atoms with E-state index >= 15 is 0 Å². The number of carbonyl (C=O) groups is 1. The summed E-state index contributed by atoms with van der Waals surface area (Å²) in [6, 6.07) is 32.3. The Morgan fingerprint density at radius 1 is 0.824 bits per heavy atom. The third-order valence-corrected chi connectivity index (χ3v) is 6.57. The van der Waals surface area contributed by atoms with Gasteiger partial charge in [0, 0.05) is 29.8 Å². The number of carbonyl (C=O) groups excluding carboxylic acids is 1. The minimum Gasteiger partial charge on any atom is -0.327 e. The average molecular weight is 445 g/mol. The first kappa shape index (κ1) is 21.8. The van der Waals surface area contributed by atoms with Gasteiger partial charge in [-0.15, -0.1) is 0 Å². The van der Waals surface area contributed by atoms with E-state index in [1.54, 1.807) is 0 Å². The van der Waals surface area contributed by atoms with Gasteiger partial charge in [0.25, 0.3) is 5.91 Å². The van der Waals surface area contributed by atoms with E-state index < -0.39 is 0 Å². The number of aromatic nitrogens is 1. The minimum absolute atomic E-state index is 0.0532. The summed E-state index contributed by atoms with van der Waals surface area (Å²) < 4.78 is 0. The van der Waals surface area contributed by atoms with Crippen molar-refractivity contribution in [2.45, 2.75) is 25.8 Å². The molecule has 168 valence electrons. The second-order valence-electron chi connectivity index (χ2n) is 8.95. The van der Waals surface area contributed by atoms with Crippen LogP contribution in [0.5, 0.6) is 0 Å². The van der Waals surface area contributed by atoms with Crippen molar-refractivity contribution >= 4 is 5.91 Å². The zero-order valence-electron chi connectivity index (χ0n) is 19.6. The third kappa shape index (κ3) is 4.29. The Hall–Kier alpha value is -3.98. The summed E-state index contributed by atoms with van der Waals surface area (Å²) in [5, 5.41) is 0. The number of hydrogen-bond donors (Lipinski definition) is 0. The molecule has 1 aliphatic rings. The quantitative estimate of drug-likeness (QED) is 0.318. The number of benzene rings is 3. The van der Waals surface area contributed by atoms with Crippen molar-refractivity contribution in [3.63, 3.8) is 0 Å². The summed E-state index contributed by atoms with van der Waals surface area (Å²) in [6.07, 6.45) is 4.28. The number of amides is 1. The number of pyridine rings is 1. The molecule has 3 heteroatoms. The Bertz CT molecular complexity index is 1310. The highest BCUT2D eigenvalue weighted by atomic mass is 16.2. The van der Waals surface area contributed by atoms with Gasteiger partial charge in [0.1, 0.15) is 0 Å². The van der Waals surface area contributed by atoms with Gasteiger partial charge >= 0.3 is 0 Å². The molecule has 0 N–H and O–H groups in total. The van der Waals surface area contributed by atoms with E-state index in [1.165, 1.54) is 5.57 Å². The summed E-state index contributed by atoms with van der Waals surface area (Å²) in [5.74, 6) is 0.140. The molecule has 1 aliphatic heterocycles. The van der Waals surface area contributed by atoms with Crippen molar-refractivity contribution in [3.05, 3.63) is 137 Å². The van der Waals surface area contributed by atoms with Crippen LogP contribution in [0.1, 0.15) is 45.9 Å². The van der Waals surface area contributed by atoms with E-state index in [0.29, 0.717) is 12.1 Å². The maximum Gasteiger partial charge on any atom is 0.254 e. The highest BCUT2D eigenvalue weighted by Gasteiger charge is 2.33. The van der Waals surface area contributed by atoms with E-state index in [4.69, 9.17) is 4.98 Å². The highest BCUT2D eigenvalue weighted by molar-refractivity contribution is 5.95. The van der Waals surface area contributed by atoms with Crippen LogP contribution in [0.2, 0.25) is 0 Å². The molecular weight excluding hydrogens is 416 g/mol. The van der Waals surface area contributed by atoms with Crippen molar-refractivity contribution in [2.24, 2.45) is 0 Å². The van der Waals surface area contributed by atoms with Crippen LogP contribution in [-0.4, -0.2) is 22.3 Å². The summed E-state index contributed by atoms with van der Waals surface area (Å²) in [4.78, 5) is 20.5. The normalized spacial score (nSPS) is 17.8. The van der Waals surface area contributed by atoms with Crippen LogP contribution in [0.3, 0.4) is 0 Å². The minimum atomic E-state index is -0.0807. The summed E-state index contributed by atoms with van der Waals surface area (Å²) in [5.41, 5.74) is 7.41. The van der Waals surface area contributed by atoms with Gasteiger partial charge in [-0.3, -0.25) is 9.78 Å². The fourth-order valence-electron chi connectivity index (χ4n) is 4.95. The predicted molar refractivity (Wildman–Crippen MR) is 138 cm³/mol. The molecular formula is C31H28N2O. The maximum atomic E-state index is 13.7. The zero-order chi connectivity index (χ0) is 23.5. The van der Waals surface area contributed by atoms with Crippen LogP contribution >= 0.6 is 0 Å². The standard InChI is InChI=1S/C31H28N2O/c1-22-18-27(20-32-29(22)24-12-6-3-7-13-24)28-19-23(2)30(25-14-8-4-9-15-25)33(21-28)31(34)26-16-10-5-11-17-26/h3-20,28,30H,21H2,1-2H3/t28-,30+/m1/s1. The monoisotopic (exact) mass is 444 g/mol. The Labute approximate surface area is 201 Å². The fraction of sp³-hybridized carbons (Fsp3) is 0.161. The molecule has 5 rings (SSSR count). The second-order valence-corrected chi connectivity index (χ2v) is 8.95. The number of rotatable bonds is 4. The average Bonchev–Trinajstić information content (AvgIpc) is 2.89. The molecule has 3 aromatic carbocycles. The Kier molecular flexibility index (Phi) is 6.09. The Morgan fingerprint density at radius 2 is 1.44 bits per heavy atom.